The number of nitrogens with one attached hydrogen (secondary N) is 2. The third kappa shape index (κ3) is 5.05. The molecule has 1 aromatic carbocycles. The average Bonchev–Trinajstić information content (AvgIpc) is 3.63. The number of hydrogen-bond acceptors (Lipinski definition) is 7. The van der Waals surface area contributed by atoms with Crippen molar-refractivity contribution in [2.45, 2.75) is 52.1 Å². The van der Waals surface area contributed by atoms with E-state index in [1.807, 2.05) is 4.90 Å². The van der Waals surface area contributed by atoms with Crippen LogP contribution in [0.25, 0.3) is 0 Å². The monoisotopic (exact) mass is 450 g/mol. The first-order valence-corrected chi connectivity index (χ1v) is 12.2. The van der Waals surface area contributed by atoms with Crippen molar-refractivity contribution in [1.82, 2.24) is 14.9 Å². The highest BCUT2D eigenvalue weighted by Gasteiger charge is 2.29. The Morgan fingerprint density at radius 1 is 1.21 bits per heavy atom. The fourth-order valence-corrected chi connectivity index (χ4v) is 4.69. The van der Waals surface area contributed by atoms with Crippen LogP contribution < -0.4 is 20.3 Å². The molecule has 3 aliphatic rings. The Morgan fingerprint density at radius 3 is 2.88 bits per heavy atom. The van der Waals surface area contributed by atoms with Gasteiger partial charge >= 0.3 is 6.01 Å². The topological polar surface area (TPSA) is 82.6 Å². The summed E-state index contributed by atoms with van der Waals surface area (Å²) in [6.45, 7) is 7.01. The van der Waals surface area contributed by atoms with E-state index in [-0.39, 0.29) is 12.5 Å². The van der Waals surface area contributed by atoms with E-state index in [4.69, 9.17) is 4.74 Å². The number of benzene rings is 1. The zero-order valence-corrected chi connectivity index (χ0v) is 19.7. The second-order valence-electron chi connectivity index (χ2n) is 9.44. The molecule has 0 saturated heterocycles. The molecule has 33 heavy (non-hydrogen) atoms. The first kappa shape index (κ1) is 21.9. The second-order valence-corrected chi connectivity index (χ2v) is 9.44. The molecule has 176 valence electrons. The number of amides is 1. The number of ether oxygens (including phenoxy) is 1. The predicted octanol–water partition coefficient (Wildman–Crippen LogP) is 3.42. The van der Waals surface area contributed by atoms with Crippen LogP contribution in [0.3, 0.4) is 0 Å². The van der Waals surface area contributed by atoms with Crippen LogP contribution in [-0.2, 0) is 24.3 Å². The van der Waals surface area contributed by atoms with Gasteiger partial charge in [0.25, 0.3) is 0 Å². The first-order valence-electron chi connectivity index (χ1n) is 12.2. The molecule has 0 radical (unpaired) electrons. The Balaban J connectivity index is 1.35. The molecule has 1 aromatic heterocycles. The summed E-state index contributed by atoms with van der Waals surface area (Å²) < 4.78 is 5.79. The summed E-state index contributed by atoms with van der Waals surface area (Å²) in [6, 6.07) is 7.13. The van der Waals surface area contributed by atoms with Crippen LogP contribution in [0.5, 0.6) is 6.01 Å². The van der Waals surface area contributed by atoms with Crippen LogP contribution in [0.1, 0.15) is 49.3 Å². The molecule has 2 N–H and O–H groups in total. The maximum absolute atomic E-state index is 12.5. The van der Waals surface area contributed by atoms with Crippen molar-refractivity contribution >= 4 is 23.2 Å². The van der Waals surface area contributed by atoms with Gasteiger partial charge in [-0.1, -0.05) is 31.5 Å². The van der Waals surface area contributed by atoms with E-state index in [9.17, 15) is 4.79 Å². The summed E-state index contributed by atoms with van der Waals surface area (Å²) >= 11 is 0. The van der Waals surface area contributed by atoms with Gasteiger partial charge in [-0.25, -0.2) is 0 Å². The Hall–Kier alpha value is -2.87. The SMILES string of the molecule is CCCCOc1nc(NC)c2c(n1)N(Cc1ccc3c(c1)CCN(CC1CC1)C3)CC(=O)N2. The van der Waals surface area contributed by atoms with E-state index in [0.29, 0.717) is 36.5 Å². The summed E-state index contributed by atoms with van der Waals surface area (Å²) in [4.78, 5) is 26.2. The van der Waals surface area contributed by atoms with Crippen LogP contribution in [0.15, 0.2) is 18.2 Å². The van der Waals surface area contributed by atoms with E-state index < -0.39 is 0 Å². The molecule has 1 aliphatic carbocycles. The molecule has 3 heterocycles. The van der Waals surface area contributed by atoms with E-state index in [1.165, 1.54) is 36.1 Å². The molecule has 0 unspecified atom stereocenters. The lowest BCUT2D eigenvalue weighted by molar-refractivity contribution is -0.115. The summed E-state index contributed by atoms with van der Waals surface area (Å²) in [6.07, 6.45) is 5.88. The number of anilines is 3. The van der Waals surface area contributed by atoms with Crippen molar-refractivity contribution in [3.05, 3.63) is 34.9 Å². The lowest BCUT2D eigenvalue weighted by Crippen LogP contribution is -2.39. The molecule has 8 heteroatoms. The summed E-state index contributed by atoms with van der Waals surface area (Å²) in [5.41, 5.74) is 4.69. The van der Waals surface area contributed by atoms with Crippen molar-refractivity contribution in [2.24, 2.45) is 5.92 Å². The molecule has 5 rings (SSSR count). The molecule has 0 spiro atoms. The van der Waals surface area contributed by atoms with Crippen LogP contribution in [0.2, 0.25) is 0 Å². The molecular formula is C25H34N6O2. The quantitative estimate of drug-likeness (QED) is 0.567. The zero-order chi connectivity index (χ0) is 22.8. The normalized spacial score (nSPS) is 17.9. The second kappa shape index (κ2) is 9.55. The fourth-order valence-electron chi connectivity index (χ4n) is 4.69. The number of hydrogen-bond donors (Lipinski definition) is 2. The molecule has 1 fully saturated rings. The molecule has 2 aromatic rings. The highest BCUT2D eigenvalue weighted by molar-refractivity contribution is 6.03. The smallest absolute Gasteiger partial charge is 0.320 e. The summed E-state index contributed by atoms with van der Waals surface area (Å²) in [7, 11) is 1.79. The fraction of sp³-hybridized carbons (Fsp3) is 0.560. The third-order valence-corrected chi connectivity index (χ3v) is 6.68. The van der Waals surface area contributed by atoms with E-state index >= 15 is 0 Å². The Morgan fingerprint density at radius 2 is 2.09 bits per heavy atom. The highest BCUT2D eigenvalue weighted by atomic mass is 16.5. The number of carbonyl (C=O) groups excluding carboxylic acids is 1. The van der Waals surface area contributed by atoms with Gasteiger partial charge in [-0.15, -0.1) is 0 Å². The van der Waals surface area contributed by atoms with Gasteiger partial charge in [0.2, 0.25) is 5.91 Å². The van der Waals surface area contributed by atoms with Crippen LogP contribution in [0, 0.1) is 5.92 Å². The number of aromatic nitrogens is 2. The first-order chi connectivity index (χ1) is 16.1. The number of unbranched alkanes of at least 4 members (excludes halogenated alkanes) is 1. The standard InChI is InChI=1S/C25H34N6O2/c1-3-4-11-33-25-28-23(26-2)22-24(29-25)31(16-21(32)27-22)14-18-7-8-20-15-30(13-17-5-6-17)10-9-19(20)12-18/h7-8,12,17H,3-6,9-11,13-16H2,1-2H3,(H,27,32)(H,26,28,29). The van der Waals surface area contributed by atoms with Crippen LogP contribution in [-0.4, -0.2) is 54.1 Å². The lowest BCUT2D eigenvalue weighted by atomic mass is 9.97. The van der Waals surface area contributed by atoms with Crippen LogP contribution >= 0.6 is 0 Å². The summed E-state index contributed by atoms with van der Waals surface area (Å²) in [5.74, 6) is 2.15. The molecule has 0 atom stereocenters. The van der Waals surface area contributed by atoms with Gasteiger partial charge in [0.05, 0.1) is 13.2 Å². The van der Waals surface area contributed by atoms with Gasteiger partial charge in [-0.2, -0.15) is 9.97 Å². The number of fused-ring (bicyclic) bond motifs is 2. The number of nitrogens with zero attached hydrogens (tertiary/aromatic N) is 4. The largest absolute Gasteiger partial charge is 0.463 e. The van der Waals surface area contributed by atoms with E-state index in [0.717, 1.165) is 38.3 Å². The van der Waals surface area contributed by atoms with Crippen molar-refractivity contribution in [2.75, 3.05) is 48.8 Å². The molecule has 1 saturated carbocycles. The van der Waals surface area contributed by atoms with Crippen molar-refractivity contribution in [3.63, 3.8) is 0 Å². The number of rotatable bonds is 9. The Bertz CT molecular complexity index is 1020. The minimum atomic E-state index is -0.0593. The zero-order valence-electron chi connectivity index (χ0n) is 19.7. The van der Waals surface area contributed by atoms with Crippen molar-refractivity contribution < 1.29 is 9.53 Å². The van der Waals surface area contributed by atoms with E-state index in [1.54, 1.807) is 7.05 Å². The maximum atomic E-state index is 12.5. The van der Waals surface area contributed by atoms with E-state index in [2.05, 4.69) is 50.6 Å². The lowest BCUT2D eigenvalue weighted by Gasteiger charge is -2.32. The van der Waals surface area contributed by atoms with Gasteiger partial charge in [-0.05, 0) is 48.3 Å². The van der Waals surface area contributed by atoms with Gasteiger partial charge in [0, 0.05) is 33.2 Å². The highest BCUT2D eigenvalue weighted by Crippen LogP contribution is 2.36. The predicted molar refractivity (Wildman–Crippen MR) is 130 cm³/mol. The van der Waals surface area contributed by atoms with Gasteiger partial charge in [0.1, 0.15) is 5.69 Å². The Kier molecular flexibility index (Phi) is 6.35. The van der Waals surface area contributed by atoms with Crippen molar-refractivity contribution in [3.8, 4) is 6.01 Å². The molecule has 1 amide bonds. The summed E-state index contributed by atoms with van der Waals surface area (Å²) in [5, 5.41) is 6.01. The van der Waals surface area contributed by atoms with Gasteiger partial charge < -0.3 is 20.3 Å². The minimum Gasteiger partial charge on any atom is -0.463 e. The van der Waals surface area contributed by atoms with Crippen LogP contribution in [0.4, 0.5) is 17.3 Å². The maximum Gasteiger partial charge on any atom is 0.320 e. The molecule has 2 aliphatic heterocycles. The average molecular weight is 451 g/mol. The number of carbonyl (C=O) groups is 1. The third-order valence-electron chi connectivity index (χ3n) is 6.68. The molecule has 8 nitrogen and oxygen atoms in total. The Labute approximate surface area is 195 Å². The molecular weight excluding hydrogens is 416 g/mol. The van der Waals surface area contributed by atoms with Gasteiger partial charge in [-0.3, -0.25) is 9.69 Å². The minimum absolute atomic E-state index is 0.0593. The van der Waals surface area contributed by atoms with Gasteiger partial charge in [0.15, 0.2) is 11.6 Å². The molecule has 0 bridgehead atoms. The van der Waals surface area contributed by atoms with Crippen molar-refractivity contribution in [1.29, 1.82) is 0 Å².